The highest BCUT2D eigenvalue weighted by atomic mass is 19.1. The molecule has 2 N–H and O–H groups in total. The molecule has 0 spiro atoms. The van der Waals surface area contributed by atoms with Crippen molar-refractivity contribution in [2.75, 3.05) is 6.61 Å². The number of hydrogen-bond donors (Lipinski definition) is 2. The largest absolute Gasteiger partial charge is 0.395 e. The van der Waals surface area contributed by atoms with Crippen molar-refractivity contribution in [2.45, 2.75) is 56.0 Å². The minimum absolute atomic E-state index is 0.0457. The molecule has 0 amide bonds. The summed E-state index contributed by atoms with van der Waals surface area (Å²) in [7, 11) is 0. The van der Waals surface area contributed by atoms with E-state index in [0.29, 0.717) is 11.6 Å². The summed E-state index contributed by atoms with van der Waals surface area (Å²) in [6, 6.07) is 8.19. The zero-order chi connectivity index (χ0) is 13.3. The van der Waals surface area contributed by atoms with Gasteiger partial charge < -0.3 is 10.4 Å². The average Bonchev–Trinajstić information content (AvgIpc) is 3.25. The van der Waals surface area contributed by atoms with E-state index in [1.165, 1.54) is 18.9 Å². The van der Waals surface area contributed by atoms with Gasteiger partial charge >= 0.3 is 0 Å². The lowest BCUT2D eigenvalue weighted by molar-refractivity contribution is 0.134. The summed E-state index contributed by atoms with van der Waals surface area (Å²) in [6.45, 7) is 0.0457. The Morgan fingerprint density at radius 1 is 1.11 bits per heavy atom. The third-order valence-electron chi connectivity index (χ3n) is 4.74. The van der Waals surface area contributed by atoms with Gasteiger partial charge in [0.25, 0.3) is 0 Å². The normalized spacial score (nSPS) is 31.4. The molecule has 0 bridgehead atoms. The lowest BCUT2D eigenvalue weighted by atomic mass is 9.68. The highest BCUT2D eigenvalue weighted by molar-refractivity contribution is 5.28. The maximum atomic E-state index is 14.0. The Kier molecular flexibility index (Phi) is 3.59. The van der Waals surface area contributed by atoms with Gasteiger partial charge in [0, 0.05) is 17.5 Å². The maximum Gasteiger partial charge on any atom is 0.127 e. The van der Waals surface area contributed by atoms with Crippen LogP contribution in [0.25, 0.3) is 0 Å². The molecule has 2 aliphatic rings. The molecule has 3 heteroatoms. The third-order valence-corrected chi connectivity index (χ3v) is 4.74. The van der Waals surface area contributed by atoms with Crippen LogP contribution in [0.2, 0.25) is 0 Å². The molecule has 104 valence electrons. The SMILES string of the molecule is OC[C@]1(c2ccccc2F)CC[C@H](NC2CC2)CC1. The Labute approximate surface area is 114 Å². The first-order valence-electron chi connectivity index (χ1n) is 7.35. The highest BCUT2D eigenvalue weighted by Crippen LogP contribution is 2.40. The minimum atomic E-state index is -0.368. The monoisotopic (exact) mass is 263 g/mol. The van der Waals surface area contributed by atoms with E-state index >= 15 is 0 Å². The fourth-order valence-electron chi connectivity index (χ4n) is 3.32. The Bertz CT molecular complexity index is 436. The molecule has 0 aromatic heterocycles. The van der Waals surface area contributed by atoms with Crippen molar-refractivity contribution >= 4 is 0 Å². The Hall–Kier alpha value is -0.930. The van der Waals surface area contributed by atoms with Crippen LogP contribution in [0.5, 0.6) is 0 Å². The molecule has 3 rings (SSSR count). The van der Waals surface area contributed by atoms with Crippen molar-refractivity contribution in [3.63, 3.8) is 0 Å². The molecule has 2 saturated carbocycles. The van der Waals surface area contributed by atoms with Gasteiger partial charge in [0.05, 0.1) is 6.61 Å². The number of hydrogen-bond acceptors (Lipinski definition) is 2. The highest BCUT2D eigenvalue weighted by Gasteiger charge is 2.39. The molecule has 2 nitrogen and oxygen atoms in total. The van der Waals surface area contributed by atoms with E-state index in [4.69, 9.17) is 0 Å². The number of benzene rings is 1. The lowest BCUT2D eigenvalue weighted by Crippen LogP contribution is -2.42. The van der Waals surface area contributed by atoms with Gasteiger partial charge in [-0.3, -0.25) is 0 Å². The maximum absolute atomic E-state index is 14.0. The topological polar surface area (TPSA) is 32.3 Å². The van der Waals surface area contributed by atoms with Crippen molar-refractivity contribution in [3.05, 3.63) is 35.6 Å². The van der Waals surface area contributed by atoms with Crippen molar-refractivity contribution in [1.82, 2.24) is 5.32 Å². The molecule has 0 atom stereocenters. The second kappa shape index (κ2) is 5.22. The van der Waals surface area contributed by atoms with Crippen LogP contribution in [0.4, 0.5) is 4.39 Å². The summed E-state index contributed by atoms with van der Waals surface area (Å²) in [5.41, 5.74) is 0.329. The minimum Gasteiger partial charge on any atom is -0.395 e. The fraction of sp³-hybridized carbons (Fsp3) is 0.625. The molecule has 0 radical (unpaired) electrons. The van der Waals surface area contributed by atoms with Gasteiger partial charge in [-0.25, -0.2) is 4.39 Å². The zero-order valence-corrected chi connectivity index (χ0v) is 11.2. The number of nitrogens with one attached hydrogen (secondary N) is 1. The molecule has 1 aromatic carbocycles. The first-order chi connectivity index (χ1) is 9.23. The molecule has 0 saturated heterocycles. The van der Waals surface area contributed by atoms with Crippen LogP contribution in [0, 0.1) is 5.82 Å². The predicted molar refractivity (Wildman–Crippen MR) is 73.6 cm³/mol. The van der Waals surface area contributed by atoms with Crippen LogP contribution >= 0.6 is 0 Å². The van der Waals surface area contributed by atoms with Crippen LogP contribution in [0.3, 0.4) is 0 Å². The van der Waals surface area contributed by atoms with E-state index in [2.05, 4.69) is 5.32 Å². The Morgan fingerprint density at radius 2 is 1.74 bits per heavy atom. The van der Waals surface area contributed by atoms with Crippen molar-refractivity contribution in [3.8, 4) is 0 Å². The number of rotatable bonds is 4. The summed E-state index contributed by atoms with van der Waals surface area (Å²) in [5.74, 6) is -0.176. The van der Waals surface area contributed by atoms with Crippen molar-refractivity contribution in [2.24, 2.45) is 0 Å². The van der Waals surface area contributed by atoms with Gasteiger partial charge in [0.15, 0.2) is 0 Å². The van der Waals surface area contributed by atoms with Gasteiger partial charge in [-0.05, 0) is 50.2 Å². The Balaban J connectivity index is 1.72. The van der Waals surface area contributed by atoms with Gasteiger partial charge in [-0.1, -0.05) is 18.2 Å². The summed E-state index contributed by atoms with van der Waals surface area (Å²) in [6.07, 6.45) is 6.41. The van der Waals surface area contributed by atoms with Crippen LogP contribution in [-0.4, -0.2) is 23.8 Å². The van der Waals surface area contributed by atoms with E-state index in [-0.39, 0.29) is 17.8 Å². The van der Waals surface area contributed by atoms with Crippen molar-refractivity contribution in [1.29, 1.82) is 0 Å². The zero-order valence-electron chi connectivity index (χ0n) is 11.2. The first kappa shape index (κ1) is 13.1. The summed E-state index contributed by atoms with van der Waals surface area (Å²) in [4.78, 5) is 0. The number of aliphatic hydroxyl groups excluding tert-OH is 1. The van der Waals surface area contributed by atoms with E-state index < -0.39 is 0 Å². The van der Waals surface area contributed by atoms with Crippen LogP contribution in [-0.2, 0) is 5.41 Å². The standard InChI is InChI=1S/C16H22FNO/c17-15-4-2-1-3-14(15)16(11-19)9-7-13(8-10-16)18-12-5-6-12/h1-4,12-13,18-19H,5-11H2/t13-,16-. The summed E-state index contributed by atoms with van der Waals surface area (Å²) < 4.78 is 14.0. The van der Waals surface area contributed by atoms with Crippen LogP contribution < -0.4 is 5.32 Å². The second-order valence-electron chi connectivity index (χ2n) is 6.13. The van der Waals surface area contributed by atoms with Gasteiger partial charge in [0.2, 0.25) is 0 Å². The van der Waals surface area contributed by atoms with Gasteiger partial charge in [0.1, 0.15) is 5.82 Å². The fourth-order valence-corrected chi connectivity index (χ4v) is 3.32. The molecular formula is C16H22FNO. The molecular weight excluding hydrogens is 241 g/mol. The molecule has 1 aromatic rings. The van der Waals surface area contributed by atoms with E-state index in [9.17, 15) is 9.50 Å². The van der Waals surface area contributed by atoms with E-state index in [0.717, 1.165) is 31.7 Å². The molecule has 2 aliphatic carbocycles. The van der Waals surface area contributed by atoms with E-state index in [1.54, 1.807) is 6.07 Å². The number of halogens is 1. The van der Waals surface area contributed by atoms with Crippen LogP contribution in [0.1, 0.15) is 44.1 Å². The lowest BCUT2D eigenvalue weighted by Gasteiger charge is -2.40. The first-order valence-corrected chi connectivity index (χ1v) is 7.35. The average molecular weight is 263 g/mol. The summed E-state index contributed by atoms with van der Waals surface area (Å²) in [5, 5.41) is 13.5. The molecule has 19 heavy (non-hydrogen) atoms. The molecule has 0 aliphatic heterocycles. The second-order valence-corrected chi connectivity index (χ2v) is 6.13. The molecule has 0 unspecified atom stereocenters. The molecule has 0 heterocycles. The molecule has 2 fully saturated rings. The van der Waals surface area contributed by atoms with E-state index in [1.807, 2.05) is 12.1 Å². The van der Waals surface area contributed by atoms with Crippen molar-refractivity contribution < 1.29 is 9.50 Å². The quantitative estimate of drug-likeness (QED) is 0.875. The predicted octanol–water partition coefficient (Wildman–Crippen LogP) is 2.75. The summed E-state index contributed by atoms with van der Waals surface area (Å²) >= 11 is 0. The van der Waals surface area contributed by atoms with Crippen LogP contribution in [0.15, 0.2) is 24.3 Å². The number of aliphatic hydroxyl groups is 1. The van der Waals surface area contributed by atoms with Gasteiger partial charge in [-0.15, -0.1) is 0 Å². The van der Waals surface area contributed by atoms with Gasteiger partial charge in [-0.2, -0.15) is 0 Å². The third kappa shape index (κ3) is 2.67. The smallest absolute Gasteiger partial charge is 0.127 e. The Morgan fingerprint density at radius 3 is 2.32 bits per heavy atom.